The Balaban J connectivity index is 1.72. The molecule has 0 radical (unpaired) electrons. The second-order valence-electron chi connectivity index (χ2n) is 4.76. The van der Waals surface area contributed by atoms with E-state index in [1.54, 1.807) is 6.07 Å². The van der Waals surface area contributed by atoms with Gasteiger partial charge >= 0.3 is 0 Å². The number of fused-ring (bicyclic) bond motifs is 1. The molecule has 0 unspecified atom stereocenters. The number of aromatic amines is 1. The van der Waals surface area contributed by atoms with Gasteiger partial charge in [-0.2, -0.15) is 0 Å². The predicted octanol–water partition coefficient (Wildman–Crippen LogP) is 2.87. The highest BCUT2D eigenvalue weighted by Crippen LogP contribution is 2.10. The van der Waals surface area contributed by atoms with E-state index in [-0.39, 0.29) is 5.56 Å². The van der Waals surface area contributed by atoms with Crippen LogP contribution in [0.4, 0.5) is 0 Å². The van der Waals surface area contributed by atoms with Crippen molar-refractivity contribution < 1.29 is 0 Å². The maximum Gasteiger partial charge on any atom is 0.258 e. The Bertz CT molecular complexity index is 829. The third kappa shape index (κ3) is 3.29. The number of nitrogens with one attached hydrogen (secondary N) is 2. The molecular weight excluding hydrogens is 286 g/mol. The zero-order valence-electron chi connectivity index (χ0n) is 11.3. The van der Waals surface area contributed by atoms with Crippen LogP contribution in [0.25, 0.3) is 10.9 Å². The molecule has 3 rings (SSSR count). The first-order chi connectivity index (χ1) is 10.2. The molecule has 0 spiro atoms. The second kappa shape index (κ2) is 6.08. The van der Waals surface area contributed by atoms with Gasteiger partial charge in [-0.15, -0.1) is 0 Å². The lowest BCUT2D eigenvalue weighted by atomic mass is 10.2. The number of hydrogen-bond acceptors (Lipinski definition) is 3. The van der Waals surface area contributed by atoms with Gasteiger partial charge in [0, 0.05) is 11.6 Å². The van der Waals surface area contributed by atoms with Gasteiger partial charge in [-0.3, -0.25) is 4.79 Å². The van der Waals surface area contributed by atoms with Gasteiger partial charge in [0.25, 0.3) is 5.56 Å². The van der Waals surface area contributed by atoms with Crippen molar-refractivity contribution in [2.75, 3.05) is 0 Å². The summed E-state index contributed by atoms with van der Waals surface area (Å²) in [5.74, 6) is 0.626. The van der Waals surface area contributed by atoms with E-state index in [4.69, 9.17) is 11.6 Å². The van der Waals surface area contributed by atoms with E-state index in [0.717, 1.165) is 5.56 Å². The maximum absolute atomic E-state index is 11.9. The van der Waals surface area contributed by atoms with Crippen molar-refractivity contribution in [1.82, 2.24) is 15.3 Å². The van der Waals surface area contributed by atoms with Crippen molar-refractivity contribution in [3.63, 3.8) is 0 Å². The number of halogens is 1. The molecule has 0 aliphatic carbocycles. The van der Waals surface area contributed by atoms with Crippen molar-refractivity contribution in [2.24, 2.45) is 0 Å². The second-order valence-corrected chi connectivity index (χ2v) is 5.20. The van der Waals surface area contributed by atoms with Crippen molar-refractivity contribution >= 4 is 22.5 Å². The number of H-pyrrole nitrogens is 1. The molecule has 0 saturated carbocycles. The van der Waals surface area contributed by atoms with Crippen LogP contribution < -0.4 is 10.9 Å². The van der Waals surface area contributed by atoms with Crippen LogP contribution in [0.15, 0.2) is 53.3 Å². The normalized spacial score (nSPS) is 10.9. The monoisotopic (exact) mass is 299 g/mol. The Hall–Kier alpha value is -2.17. The number of hydrogen-bond donors (Lipinski definition) is 2. The molecule has 106 valence electrons. The molecular formula is C16H14ClN3O. The van der Waals surface area contributed by atoms with E-state index < -0.39 is 0 Å². The molecule has 0 saturated heterocycles. The number of rotatable bonds is 4. The van der Waals surface area contributed by atoms with E-state index in [1.165, 1.54) is 0 Å². The van der Waals surface area contributed by atoms with E-state index in [0.29, 0.717) is 34.8 Å². The predicted molar refractivity (Wildman–Crippen MR) is 84.4 cm³/mol. The third-order valence-electron chi connectivity index (χ3n) is 3.17. The fraction of sp³-hybridized carbons (Fsp3) is 0.125. The van der Waals surface area contributed by atoms with E-state index in [9.17, 15) is 4.79 Å². The summed E-state index contributed by atoms with van der Waals surface area (Å²) in [5.41, 5.74) is 1.69. The Kier molecular flexibility index (Phi) is 3.99. The molecule has 0 aliphatic heterocycles. The number of aromatic nitrogens is 2. The fourth-order valence-electron chi connectivity index (χ4n) is 2.19. The molecule has 0 atom stereocenters. The molecule has 3 aromatic rings. The molecule has 5 heteroatoms. The minimum absolute atomic E-state index is 0.111. The number of nitrogens with zero attached hydrogens (tertiary/aromatic N) is 1. The Morgan fingerprint density at radius 2 is 1.95 bits per heavy atom. The summed E-state index contributed by atoms with van der Waals surface area (Å²) in [6.45, 7) is 1.16. The maximum atomic E-state index is 11.9. The lowest BCUT2D eigenvalue weighted by molar-refractivity contribution is 0.663. The summed E-state index contributed by atoms with van der Waals surface area (Å²) < 4.78 is 0. The molecule has 21 heavy (non-hydrogen) atoms. The first-order valence-electron chi connectivity index (χ1n) is 6.65. The number of para-hydroxylation sites is 1. The quantitative estimate of drug-likeness (QED) is 0.779. The van der Waals surface area contributed by atoms with Gasteiger partial charge in [0.05, 0.1) is 17.4 Å². The summed E-state index contributed by atoms with van der Waals surface area (Å²) in [6, 6.07) is 15.0. The Morgan fingerprint density at radius 3 is 2.81 bits per heavy atom. The minimum Gasteiger partial charge on any atom is -0.309 e. The minimum atomic E-state index is -0.111. The molecule has 0 aliphatic rings. The molecule has 2 N–H and O–H groups in total. The first-order valence-corrected chi connectivity index (χ1v) is 7.03. The van der Waals surface area contributed by atoms with E-state index in [1.807, 2.05) is 42.5 Å². The Labute approximate surface area is 126 Å². The molecule has 2 aromatic carbocycles. The summed E-state index contributed by atoms with van der Waals surface area (Å²) in [7, 11) is 0. The van der Waals surface area contributed by atoms with Gasteiger partial charge in [-0.25, -0.2) is 4.98 Å². The van der Waals surface area contributed by atoms with Crippen LogP contribution in [0, 0.1) is 0 Å². The molecule has 4 nitrogen and oxygen atoms in total. The Morgan fingerprint density at radius 1 is 1.10 bits per heavy atom. The fourth-order valence-corrected chi connectivity index (χ4v) is 2.40. The van der Waals surface area contributed by atoms with Crippen molar-refractivity contribution in [1.29, 1.82) is 0 Å². The van der Waals surface area contributed by atoms with Crippen molar-refractivity contribution in [3.8, 4) is 0 Å². The van der Waals surface area contributed by atoms with Gasteiger partial charge in [0.15, 0.2) is 0 Å². The summed E-state index contributed by atoms with van der Waals surface area (Å²) >= 11 is 5.94. The smallest absolute Gasteiger partial charge is 0.258 e. The largest absolute Gasteiger partial charge is 0.309 e. The summed E-state index contributed by atoms with van der Waals surface area (Å²) in [6.07, 6.45) is 0. The van der Waals surface area contributed by atoms with E-state index in [2.05, 4.69) is 15.3 Å². The van der Waals surface area contributed by atoms with Crippen LogP contribution >= 0.6 is 11.6 Å². The highest BCUT2D eigenvalue weighted by atomic mass is 35.5. The number of benzene rings is 2. The van der Waals surface area contributed by atoms with Crippen LogP contribution in [-0.4, -0.2) is 9.97 Å². The molecule has 1 heterocycles. The molecule has 0 fully saturated rings. The van der Waals surface area contributed by atoms with Gasteiger partial charge in [0.1, 0.15) is 5.82 Å². The molecule has 0 amide bonds. The topological polar surface area (TPSA) is 57.8 Å². The van der Waals surface area contributed by atoms with Crippen molar-refractivity contribution in [3.05, 3.63) is 75.3 Å². The van der Waals surface area contributed by atoms with Gasteiger partial charge in [-0.05, 0) is 29.8 Å². The van der Waals surface area contributed by atoms with Crippen LogP contribution in [-0.2, 0) is 13.1 Å². The van der Waals surface area contributed by atoms with Crippen LogP contribution in [0.1, 0.15) is 11.4 Å². The average molecular weight is 300 g/mol. The highest BCUT2D eigenvalue weighted by molar-refractivity contribution is 6.30. The zero-order chi connectivity index (χ0) is 14.7. The third-order valence-corrected chi connectivity index (χ3v) is 3.41. The van der Waals surface area contributed by atoms with Gasteiger partial charge < -0.3 is 10.3 Å². The average Bonchev–Trinajstić information content (AvgIpc) is 2.47. The van der Waals surface area contributed by atoms with Crippen LogP contribution in [0.2, 0.25) is 5.02 Å². The molecule has 1 aromatic heterocycles. The zero-order valence-corrected chi connectivity index (χ0v) is 12.0. The van der Waals surface area contributed by atoms with Crippen molar-refractivity contribution in [2.45, 2.75) is 13.1 Å². The van der Waals surface area contributed by atoms with Crippen LogP contribution in [0.5, 0.6) is 0 Å². The highest BCUT2D eigenvalue weighted by Gasteiger charge is 2.03. The standard InChI is InChI=1S/C16H14ClN3O/c17-12-5-3-4-11(8-12)9-18-10-15-19-14-7-2-1-6-13(14)16(21)20-15/h1-8,18H,9-10H2,(H,19,20,21). The lowest BCUT2D eigenvalue weighted by Gasteiger charge is -2.06. The summed E-state index contributed by atoms with van der Waals surface area (Å²) in [4.78, 5) is 19.2. The first kappa shape index (κ1) is 13.8. The van der Waals surface area contributed by atoms with Gasteiger partial charge in [0.2, 0.25) is 0 Å². The SMILES string of the molecule is O=c1[nH]c(CNCc2cccc(Cl)c2)nc2ccccc12. The van der Waals surface area contributed by atoms with E-state index >= 15 is 0 Å². The van der Waals surface area contributed by atoms with Gasteiger partial charge in [-0.1, -0.05) is 35.9 Å². The van der Waals surface area contributed by atoms with Crippen LogP contribution in [0.3, 0.4) is 0 Å². The lowest BCUT2D eigenvalue weighted by Crippen LogP contribution is -2.19. The summed E-state index contributed by atoms with van der Waals surface area (Å²) in [5, 5.41) is 4.57. The molecule has 0 bridgehead atoms.